The molecule has 1 atom stereocenters. The number of nitrogens with one attached hydrogen (secondary N) is 1. The van der Waals surface area contributed by atoms with Crippen LogP contribution < -0.4 is 0 Å². The summed E-state index contributed by atoms with van der Waals surface area (Å²) in [4.78, 5) is 18.2. The summed E-state index contributed by atoms with van der Waals surface area (Å²) in [5, 5.41) is 0. The van der Waals surface area contributed by atoms with Crippen LogP contribution in [0.2, 0.25) is 0 Å². The molecule has 6 heteroatoms. The van der Waals surface area contributed by atoms with E-state index in [1.54, 1.807) is 18.7 Å². The monoisotopic (exact) mass is 259 g/mol. The lowest BCUT2D eigenvalue weighted by atomic mass is 10.2. The molecule has 0 aliphatic carbocycles. The number of hydrogen-bond acceptors (Lipinski definition) is 5. The van der Waals surface area contributed by atoms with E-state index < -0.39 is 0 Å². The summed E-state index contributed by atoms with van der Waals surface area (Å²) in [7, 11) is 0. The molecular weight excluding hydrogens is 242 g/mol. The first-order chi connectivity index (χ1) is 9.31. The Morgan fingerprint density at radius 1 is 1.37 bits per heavy atom. The van der Waals surface area contributed by atoms with Crippen molar-refractivity contribution in [1.29, 1.82) is 0 Å². The van der Waals surface area contributed by atoms with E-state index in [4.69, 9.17) is 4.74 Å². The number of aromatic nitrogens is 4. The van der Waals surface area contributed by atoms with Crippen molar-refractivity contribution in [1.82, 2.24) is 24.8 Å². The zero-order valence-corrected chi connectivity index (χ0v) is 10.9. The molecule has 3 heterocycles. The van der Waals surface area contributed by atoms with Gasteiger partial charge in [-0.05, 0) is 6.92 Å². The fourth-order valence-electron chi connectivity index (χ4n) is 2.21. The number of hydrogen-bond donors (Lipinski definition) is 1. The van der Waals surface area contributed by atoms with Gasteiger partial charge < -0.3 is 9.72 Å². The van der Waals surface area contributed by atoms with Crippen molar-refractivity contribution < 1.29 is 4.74 Å². The lowest BCUT2D eigenvalue weighted by molar-refractivity contribution is -0.0355. The van der Waals surface area contributed by atoms with Crippen molar-refractivity contribution in [2.24, 2.45) is 0 Å². The molecule has 1 saturated heterocycles. The molecule has 2 aromatic heterocycles. The van der Waals surface area contributed by atoms with Gasteiger partial charge in [-0.3, -0.25) is 14.9 Å². The third-order valence-electron chi connectivity index (χ3n) is 3.23. The Morgan fingerprint density at radius 3 is 3.05 bits per heavy atom. The summed E-state index contributed by atoms with van der Waals surface area (Å²) in [5.41, 5.74) is 2.95. The van der Waals surface area contributed by atoms with Gasteiger partial charge in [-0.1, -0.05) is 0 Å². The molecular formula is C13H17N5O. The Balaban J connectivity index is 1.66. The van der Waals surface area contributed by atoms with Crippen molar-refractivity contribution in [2.45, 2.75) is 19.6 Å². The number of aromatic amines is 1. The first-order valence-electron chi connectivity index (χ1n) is 6.41. The van der Waals surface area contributed by atoms with Gasteiger partial charge in [0.25, 0.3) is 0 Å². The molecule has 1 aliphatic heterocycles. The van der Waals surface area contributed by atoms with Gasteiger partial charge in [0.1, 0.15) is 6.10 Å². The van der Waals surface area contributed by atoms with Crippen LogP contribution in [0, 0.1) is 6.92 Å². The highest BCUT2D eigenvalue weighted by Gasteiger charge is 2.23. The quantitative estimate of drug-likeness (QED) is 0.893. The summed E-state index contributed by atoms with van der Waals surface area (Å²) in [6.45, 7) is 5.27. The van der Waals surface area contributed by atoms with Gasteiger partial charge >= 0.3 is 0 Å². The molecule has 1 N–H and O–H groups in total. The number of H-pyrrole nitrogens is 1. The van der Waals surface area contributed by atoms with E-state index in [1.165, 1.54) is 0 Å². The summed E-state index contributed by atoms with van der Waals surface area (Å²) in [6.07, 6.45) is 7.16. The van der Waals surface area contributed by atoms with Crippen LogP contribution in [0.15, 0.2) is 24.9 Å². The number of morpholine rings is 1. The van der Waals surface area contributed by atoms with Crippen molar-refractivity contribution in [3.8, 4) is 0 Å². The van der Waals surface area contributed by atoms with Crippen LogP contribution in [0.1, 0.15) is 23.2 Å². The van der Waals surface area contributed by atoms with Crippen LogP contribution >= 0.6 is 0 Å². The predicted octanol–water partition coefficient (Wildman–Crippen LogP) is 1.08. The topological polar surface area (TPSA) is 66.9 Å². The largest absolute Gasteiger partial charge is 0.369 e. The van der Waals surface area contributed by atoms with Gasteiger partial charge in [0.05, 0.1) is 30.5 Å². The predicted molar refractivity (Wildman–Crippen MR) is 69.3 cm³/mol. The molecule has 0 spiro atoms. The van der Waals surface area contributed by atoms with Gasteiger partial charge in [-0.2, -0.15) is 0 Å². The highest BCUT2D eigenvalue weighted by molar-refractivity contribution is 5.06. The van der Waals surface area contributed by atoms with Crippen LogP contribution in [-0.2, 0) is 11.3 Å². The SMILES string of the molecule is Cc1cnc(C2CN(Cc3cnc[nH]3)CCO2)cn1. The normalized spacial score (nSPS) is 20.6. The minimum Gasteiger partial charge on any atom is -0.369 e. The zero-order chi connectivity index (χ0) is 13.1. The van der Waals surface area contributed by atoms with Crippen LogP contribution in [0.5, 0.6) is 0 Å². The van der Waals surface area contributed by atoms with Gasteiger partial charge in [0, 0.05) is 37.7 Å². The molecule has 0 amide bonds. The standard InChI is InChI=1S/C13H17N5O/c1-10-4-16-12(6-15-10)13-8-18(2-3-19-13)7-11-5-14-9-17-11/h4-6,9,13H,2-3,7-8H2,1H3,(H,14,17). The maximum Gasteiger partial charge on any atom is 0.114 e. The molecule has 3 rings (SSSR count). The van der Waals surface area contributed by atoms with Crippen LogP contribution in [0.4, 0.5) is 0 Å². The smallest absolute Gasteiger partial charge is 0.114 e. The third kappa shape index (κ3) is 2.97. The number of aryl methyl sites for hydroxylation is 1. The molecule has 0 saturated carbocycles. The molecule has 0 radical (unpaired) electrons. The number of rotatable bonds is 3. The summed E-state index contributed by atoms with van der Waals surface area (Å²) in [6, 6.07) is 0. The maximum atomic E-state index is 5.78. The average molecular weight is 259 g/mol. The molecule has 0 bridgehead atoms. The Hall–Kier alpha value is -1.79. The van der Waals surface area contributed by atoms with Gasteiger partial charge in [-0.25, -0.2) is 4.98 Å². The summed E-state index contributed by atoms with van der Waals surface area (Å²) >= 11 is 0. The van der Waals surface area contributed by atoms with E-state index in [2.05, 4.69) is 24.8 Å². The van der Waals surface area contributed by atoms with Gasteiger partial charge in [0.15, 0.2) is 0 Å². The first-order valence-corrected chi connectivity index (χ1v) is 6.41. The van der Waals surface area contributed by atoms with E-state index in [-0.39, 0.29) is 6.10 Å². The molecule has 19 heavy (non-hydrogen) atoms. The number of imidazole rings is 1. The van der Waals surface area contributed by atoms with Gasteiger partial charge in [0.2, 0.25) is 0 Å². The number of nitrogens with zero attached hydrogens (tertiary/aromatic N) is 4. The van der Waals surface area contributed by atoms with Crippen molar-refractivity contribution in [3.63, 3.8) is 0 Å². The summed E-state index contributed by atoms with van der Waals surface area (Å²) in [5.74, 6) is 0. The van der Waals surface area contributed by atoms with Crippen LogP contribution in [0.3, 0.4) is 0 Å². The Kier molecular flexibility index (Phi) is 3.52. The fraction of sp³-hybridized carbons (Fsp3) is 0.462. The lowest BCUT2D eigenvalue weighted by Gasteiger charge is -2.32. The van der Waals surface area contributed by atoms with Crippen LogP contribution in [-0.4, -0.2) is 44.5 Å². The molecule has 1 aliphatic rings. The molecule has 2 aromatic rings. The average Bonchev–Trinajstić information content (AvgIpc) is 2.93. The van der Waals surface area contributed by atoms with E-state index >= 15 is 0 Å². The minimum absolute atomic E-state index is 0.00442. The molecule has 0 aromatic carbocycles. The van der Waals surface area contributed by atoms with E-state index in [1.807, 2.05) is 13.1 Å². The minimum atomic E-state index is 0.00442. The Bertz CT molecular complexity index is 510. The van der Waals surface area contributed by atoms with Crippen LogP contribution in [0.25, 0.3) is 0 Å². The van der Waals surface area contributed by atoms with Crippen molar-refractivity contribution >= 4 is 0 Å². The zero-order valence-electron chi connectivity index (χ0n) is 10.9. The Morgan fingerprint density at radius 2 is 2.32 bits per heavy atom. The first kappa shape index (κ1) is 12.3. The molecule has 1 fully saturated rings. The van der Waals surface area contributed by atoms with Gasteiger partial charge in [-0.15, -0.1) is 0 Å². The maximum absolute atomic E-state index is 5.78. The molecule has 1 unspecified atom stereocenters. The highest BCUT2D eigenvalue weighted by Crippen LogP contribution is 2.20. The molecule has 100 valence electrons. The summed E-state index contributed by atoms with van der Waals surface area (Å²) < 4.78 is 5.78. The third-order valence-corrected chi connectivity index (χ3v) is 3.23. The van der Waals surface area contributed by atoms with Crippen molar-refractivity contribution in [2.75, 3.05) is 19.7 Å². The second kappa shape index (κ2) is 5.46. The highest BCUT2D eigenvalue weighted by atomic mass is 16.5. The fourth-order valence-corrected chi connectivity index (χ4v) is 2.21. The van der Waals surface area contributed by atoms with E-state index in [0.717, 1.165) is 36.7 Å². The number of ether oxygens (including phenoxy) is 1. The second-order valence-corrected chi connectivity index (χ2v) is 4.75. The van der Waals surface area contributed by atoms with E-state index in [9.17, 15) is 0 Å². The van der Waals surface area contributed by atoms with Crippen molar-refractivity contribution in [3.05, 3.63) is 42.0 Å². The van der Waals surface area contributed by atoms with E-state index in [0.29, 0.717) is 6.61 Å². The Labute approximate surface area is 111 Å². The lowest BCUT2D eigenvalue weighted by Crippen LogP contribution is -2.38. The second-order valence-electron chi connectivity index (χ2n) is 4.75. The molecule has 6 nitrogen and oxygen atoms in total.